The van der Waals surface area contributed by atoms with E-state index in [9.17, 15) is 9.59 Å². The summed E-state index contributed by atoms with van der Waals surface area (Å²) in [6.07, 6.45) is 2.97. The number of carbonyl (C=O) groups excluding carboxylic acids is 2. The van der Waals surface area contributed by atoms with Crippen molar-refractivity contribution in [3.05, 3.63) is 71.3 Å². The van der Waals surface area contributed by atoms with Gasteiger partial charge in [-0.05, 0) is 47.4 Å². The molecular weight excluding hydrogens is 494 g/mol. The number of nitrogens with one attached hydrogen (secondary N) is 1. The van der Waals surface area contributed by atoms with Crippen LogP contribution >= 0.6 is 0 Å². The first-order valence-corrected chi connectivity index (χ1v) is 13.5. The monoisotopic (exact) mass is 527 g/mol. The fourth-order valence-electron chi connectivity index (χ4n) is 5.26. The normalized spacial score (nSPS) is 14.7. The Kier molecular flexibility index (Phi) is 7.81. The molecule has 0 radical (unpaired) electrons. The number of hydrogen-bond acceptors (Lipinski definition) is 7. The number of aryl methyl sites for hydroxylation is 1. The molecule has 10 heteroatoms. The second-order valence-electron chi connectivity index (χ2n) is 9.70. The number of nitrogens with zero attached hydrogens (tertiary/aromatic N) is 6. The van der Waals surface area contributed by atoms with Gasteiger partial charge in [-0.3, -0.25) is 9.69 Å². The molecule has 39 heavy (non-hydrogen) atoms. The van der Waals surface area contributed by atoms with Gasteiger partial charge < -0.3 is 9.30 Å². The van der Waals surface area contributed by atoms with E-state index >= 15 is 0 Å². The molecular formula is C29H33N7O3. The van der Waals surface area contributed by atoms with Crippen LogP contribution in [0.1, 0.15) is 62.4 Å². The predicted octanol–water partition coefficient (Wildman–Crippen LogP) is 4.77. The van der Waals surface area contributed by atoms with Gasteiger partial charge in [0.1, 0.15) is 11.9 Å². The Morgan fingerprint density at radius 3 is 2.51 bits per heavy atom. The van der Waals surface area contributed by atoms with Crippen LogP contribution in [0.3, 0.4) is 0 Å². The number of benzene rings is 2. The summed E-state index contributed by atoms with van der Waals surface area (Å²) in [5.41, 5.74) is 5.76. The first-order valence-electron chi connectivity index (χ1n) is 13.5. The number of Topliss-reactive ketones (excluding diaryl/α,β-unsaturated/α-hetero) is 1. The number of ketones is 1. The maximum atomic E-state index is 12.9. The van der Waals surface area contributed by atoms with Gasteiger partial charge in [0.05, 0.1) is 18.0 Å². The van der Waals surface area contributed by atoms with E-state index in [1.807, 2.05) is 24.3 Å². The quantitative estimate of drug-likeness (QED) is 0.333. The third-order valence-corrected chi connectivity index (χ3v) is 7.10. The van der Waals surface area contributed by atoms with Gasteiger partial charge in [0.25, 0.3) is 0 Å². The Bertz CT molecular complexity index is 1440. The van der Waals surface area contributed by atoms with Gasteiger partial charge in [-0.25, -0.2) is 14.9 Å². The van der Waals surface area contributed by atoms with Crippen molar-refractivity contribution in [1.29, 1.82) is 0 Å². The molecule has 5 rings (SSSR count). The second kappa shape index (κ2) is 11.6. The van der Waals surface area contributed by atoms with Crippen LogP contribution in [-0.4, -0.2) is 60.1 Å². The summed E-state index contributed by atoms with van der Waals surface area (Å²) in [6, 6.07) is 15.6. The minimum Gasteiger partial charge on any atom is -0.450 e. The zero-order chi connectivity index (χ0) is 27.4. The van der Waals surface area contributed by atoms with Gasteiger partial charge in [-0.15, -0.1) is 5.10 Å². The lowest BCUT2D eigenvalue weighted by Crippen LogP contribution is -2.44. The summed E-state index contributed by atoms with van der Waals surface area (Å²) in [4.78, 5) is 32.2. The van der Waals surface area contributed by atoms with E-state index in [0.717, 1.165) is 58.7 Å². The summed E-state index contributed by atoms with van der Waals surface area (Å²) < 4.78 is 7.43. The average molecular weight is 528 g/mol. The summed E-state index contributed by atoms with van der Waals surface area (Å²) in [5.74, 6) is 1.47. The summed E-state index contributed by atoms with van der Waals surface area (Å²) in [5, 5.41) is 14.3. The van der Waals surface area contributed by atoms with Gasteiger partial charge in [0.15, 0.2) is 11.6 Å². The number of amides is 1. The van der Waals surface area contributed by atoms with Crippen molar-refractivity contribution < 1.29 is 14.3 Å². The van der Waals surface area contributed by atoms with Crippen LogP contribution < -0.4 is 0 Å². The Labute approximate surface area is 227 Å². The Morgan fingerprint density at radius 2 is 1.85 bits per heavy atom. The molecule has 202 valence electrons. The third-order valence-electron chi connectivity index (χ3n) is 7.10. The molecule has 0 spiro atoms. The van der Waals surface area contributed by atoms with Crippen LogP contribution in [0.25, 0.3) is 22.5 Å². The molecule has 4 aromatic rings. The number of imidazole rings is 1. The molecule has 2 aromatic carbocycles. The number of rotatable bonds is 9. The number of aromatic nitrogens is 6. The van der Waals surface area contributed by atoms with Crippen LogP contribution in [0.2, 0.25) is 0 Å². The van der Waals surface area contributed by atoms with E-state index in [2.05, 4.69) is 56.4 Å². The van der Waals surface area contributed by atoms with Gasteiger partial charge >= 0.3 is 6.09 Å². The van der Waals surface area contributed by atoms with E-state index in [0.29, 0.717) is 25.3 Å². The minimum absolute atomic E-state index is 0.0962. The minimum atomic E-state index is -0.711. The van der Waals surface area contributed by atoms with Crippen molar-refractivity contribution in [2.45, 2.75) is 59.0 Å². The van der Waals surface area contributed by atoms with Crippen molar-refractivity contribution in [1.82, 2.24) is 35.1 Å². The number of carbonyl (C=O) groups is 2. The number of ether oxygens (including phenoxy) is 1. The molecule has 10 nitrogen and oxygen atoms in total. The first kappa shape index (κ1) is 26.3. The summed E-state index contributed by atoms with van der Waals surface area (Å²) >= 11 is 0. The van der Waals surface area contributed by atoms with Crippen molar-refractivity contribution in [3.8, 4) is 22.5 Å². The van der Waals surface area contributed by atoms with Gasteiger partial charge in [-0.2, -0.15) is 0 Å². The van der Waals surface area contributed by atoms with E-state index in [-0.39, 0.29) is 12.4 Å². The second-order valence-corrected chi connectivity index (χ2v) is 9.70. The topological polar surface area (TPSA) is 119 Å². The number of fused-ring (bicyclic) bond motifs is 1. The van der Waals surface area contributed by atoms with E-state index < -0.39 is 12.1 Å². The maximum absolute atomic E-state index is 12.9. The number of H-pyrrole nitrogens is 1. The van der Waals surface area contributed by atoms with Crippen molar-refractivity contribution in [3.63, 3.8) is 0 Å². The molecule has 1 atom stereocenters. The van der Waals surface area contributed by atoms with Gasteiger partial charge in [0.2, 0.25) is 0 Å². The summed E-state index contributed by atoms with van der Waals surface area (Å²) in [7, 11) is 0. The lowest BCUT2D eigenvalue weighted by molar-refractivity contribution is -0.122. The standard InChI is InChI=1S/C29H33N7O3/c1-4-6-11-25-30-24-16-17-35(29(38)39-5-2)26(19(3)37)27(24)36(25)18-20-12-14-21(15-13-20)22-9-7-8-10-23(22)28-31-33-34-32-28/h7-10,12-15,26H,4-6,11,16-18H2,1-3H3,(H,31,32,33,34). The van der Waals surface area contributed by atoms with E-state index in [4.69, 9.17) is 9.72 Å². The van der Waals surface area contributed by atoms with E-state index in [1.54, 1.807) is 11.8 Å². The largest absolute Gasteiger partial charge is 0.450 e. The van der Waals surface area contributed by atoms with E-state index in [1.165, 1.54) is 6.92 Å². The van der Waals surface area contributed by atoms with Crippen LogP contribution in [0.5, 0.6) is 0 Å². The highest BCUT2D eigenvalue weighted by Gasteiger charge is 2.39. The molecule has 1 N–H and O–H groups in total. The molecule has 0 aliphatic carbocycles. The fraction of sp³-hybridized carbons (Fsp3) is 0.379. The number of hydrogen-bond donors (Lipinski definition) is 1. The molecule has 0 saturated carbocycles. The Morgan fingerprint density at radius 1 is 1.08 bits per heavy atom. The zero-order valence-corrected chi connectivity index (χ0v) is 22.6. The zero-order valence-electron chi connectivity index (χ0n) is 22.6. The third kappa shape index (κ3) is 5.32. The predicted molar refractivity (Wildman–Crippen MR) is 146 cm³/mol. The highest BCUT2D eigenvalue weighted by atomic mass is 16.6. The number of tetrazole rings is 1. The smallest absolute Gasteiger partial charge is 0.410 e. The van der Waals surface area contributed by atoms with Crippen LogP contribution in [0.4, 0.5) is 4.79 Å². The maximum Gasteiger partial charge on any atom is 0.410 e. The lowest BCUT2D eigenvalue weighted by Gasteiger charge is -2.34. The SMILES string of the molecule is CCCCc1nc2c(n1Cc1ccc(-c3ccccc3-c3nnn[nH]3)cc1)C(C(C)=O)N(C(=O)OCC)CC2. The molecule has 1 aliphatic rings. The highest BCUT2D eigenvalue weighted by Crippen LogP contribution is 2.34. The number of aromatic amines is 1. The first-order chi connectivity index (χ1) is 19.0. The molecule has 0 fully saturated rings. The highest BCUT2D eigenvalue weighted by molar-refractivity contribution is 5.87. The summed E-state index contributed by atoms with van der Waals surface area (Å²) in [6.45, 7) is 6.68. The average Bonchev–Trinajstić information content (AvgIpc) is 3.60. The molecule has 3 heterocycles. The molecule has 1 unspecified atom stereocenters. The lowest BCUT2D eigenvalue weighted by atomic mass is 9.98. The molecule has 2 aromatic heterocycles. The van der Waals surface area contributed by atoms with Crippen LogP contribution in [0, 0.1) is 0 Å². The molecule has 1 aliphatic heterocycles. The van der Waals surface area contributed by atoms with Gasteiger partial charge in [0, 0.05) is 31.5 Å². The number of unbranched alkanes of at least 4 members (excludes halogenated alkanes) is 1. The van der Waals surface area contributed by atoms with Crippen molar-refractivity contribution >= 4 is 11.9 Å². The molecule has 0 bridgehead atoms. The van der Waals surface area contributed by atoms with Crippen molar-refractivity contribution in [2.75, 3.05) is 13.2 Å². The molecule has 0 saturated heterocycles. The Hall–Kier alpha value is -4.34. The Balaban J connectivity index is 1.50. The molecule has 1 amide bonds. The fourth-order valence-corrected chi connectivity index (χ4v) is 5.26. The van der Waals surface area contributed by atoms with Crippen LogP contribution in [0.15, 0.2) is 48.5 Å². The van der Waals surface area contributed by atoms with Crippen LogP contribution in [-0.2, 0) is 28.9 Å². The van der Waals surface area contributed by atoms with Gasteiger partial charge in [-0.1, -0.05) is 61.9 Å². The van der Waals surface area contributed by atoms with Crippen molar-refractivity contribution in [2.24, 2.45) is 0 Å².